The highest BCUT2D eigenvalue weighted by molar-refractivity contribution is 6.78. The van der Waals surface area contributed by atoms with E-state index in [4.69, 9.17) is 9.16 Å². The van der Waals surface area contributed by atoms with Crippen molar-refractivity contribution >= 4 is 8.32 Å². The van der Waals surface area contributed by atoms with Crippen LogP contribution >= 0.6 is 0 Å². The molecule has 0 saturated heterocycles. The lowest BCUT2D eigenvalue weighted by molar-refractivity contribution is 0.383. The first-order chi connectivity index (χ1) is 8.86. The van der Waals surface area contributed by atoms with Gasteiger partial charge >= 0.3 is 0 Å². The molecule has 0 aliphatic heterocycles. The molecular weight excluding hydrogens is 252 g/mol. The average molecular weight is 280 g/mol. The van der Waals surface area contributed by atoms with E-state index in [1.165, 1.54) is 0 Å². The van der Waals surface area contributed by atoms with Crippen LogP contribution in [0.5, 0.6) is 11.5 Å². The van der Waals surface area contributed by atoms with Crippen molar-refractivity contribution in [2.45, 2.75) is 58.2 Å². The Morgan fingerprint density at radius 1 is 0.789 bits per heavy atom. The molecule has 0 amide bonds. The number of hydrogen-bond acceptors (Lipinski definition) is 2. The Morgan fingerprint density at radius 3 is 1.58 bits per heavy atom. The molecule has 3 heteroatoms. The molecule has 19 heavy (non-hydrogen) atoms. The summed E-state index contributed by atoms with van der Waals surface area (Å²) in [6.45, 7) is 13.8. The predicted molar refractivity (Wildman–Crippen MR) is 84.7 cm³/mol. The van der Waals surface area contributed by atoms with Gasteiger partial charge < -0.3 is 9.16 Å². The van der Waals surface area contributed by atoms with Gasteiger partial charge in [-0.05, 0) is 28.8 Å². The lowest BCUT2D eigenvalue weighted by atomic mass is 10.3. The monoisotopic (exact) mass is 280 g/mol. The van der Waals surface area contributed by atoms with E-state index < -0.39 is 8.32 Å². The van der Waals surface area contributed by atoms with Crippen LogP contribution in [0.3, 0.4) is 0 Å². The zero-order valence-corrected chi connectivity index (χ0v) is 14.4. The smallest absolute Gasteiger partial charge is 0.258 e. The molecule has 2 nitrogen and oxygen atoms in total. The maximum atomic E-state index is 6.62. The number of ether oxygens (including phenoxy) is 1. The standard InChI is InChI=1S/C16H28O2Si/c1-12(2)19(13(3)4,14(5)6)18-16-11-9-8-10-15(16)17-7/h8-14H,1-7H3. The second-order valence-electron chi connectivity index (χ2n) is 6.07. The lowest BCUT2D eigenvalue weighted by Gasteiger charge is -2.42. The molecule has 0 N–H and O–H groups in total. The van der Waals surface area contributed by atoms with Gasteiger partial charge in [-0.25, -0.2) is 0 Å². The highest BCUT2D eigenvalue weighted by Gasteiger charge is 2.47. The highest BCUT2D eigenvalue weighted by atomic mass is 28.4. The fourth-order valence-corrected chi connectivity index (χ4v) is 8.50. The van der Waals surface area contributed by atoms with Crippen molar-refractivity contribution in [2.24, 2.45) is 0 Å². The van der Waals surface area contributed by atoms with Crippen molar-refractivity contribution in [2.75, 3.05) is 7.11 Å². The van der Waals surface area contributed by atoms with Crippen LogP contribution in [0.15, 0.2) is 24.3 Å². The Kier molecular flexibility index (Phi) is 5.47. The van der Waals surface area contributed by atoms with Crippen LogP contribution in [0.4, 0.5) is 0 Å². The molecule has 0 spiro atoms. The van der Waals surface area contributed by atoms with E-state index in [-0.39, 0.29) is 0 Å². The molecule has 0 fully saturated rings. The zero-order chi connectivity index (χ0) is 14.6. The minimum atomic E-state index is -1.90. The number of benzene rings is 1. The fourth-order valence-electron chi connectivity index (χ4n) is 3.25. The zero-order valence-electron chi connectivity index (χ0n) is 13.4. The second kappa shape index (κ2) is 6.46. The van der Waals surface area contributed by atoms with E-state index in [1.807, 2.05) is 24.3 Å². The third-order valence-corrected chi connectivity index (χ3v) is 10.1. The van der Waals surface area contributed by atoms with Crippen LogP contribution in [0.2, 0.25) is 16.6 Å². The Balaban J connectivity index is 3.21. The van der Waals surface area contributed by atoms with E-state index in [0.29, 0.717) is 16.6 Å². The Bertz CT molecular complexity index is 378. The molecule has 0 aliphatic rings. The molecule has 0 aromatic heterocycles. The first-order valence-corrected chi connectivity index (χ1v) is 9.32. The van der Waals surface area contributed by atoms with E-state index >= 15 is 0 Å². The van der Waals surface area contributed by atoms with Crippen LogP contribution in [-0.4, -0.2) is 15.4 Å². The molecule has 0 atom stereocenters. The summed E-state index contributed by atoms with van der Waals surface area (Å²) in [7, 11) is -0.196. The highest BCUT2D eigenvalue weighted by Crippen LogP contribution is 2.44. The van der Waals surface area contributed by atoms with Crippen LogP contribution < -0.4 is 9.16 Å². The summed E-state index contributed by atoms with van der Waals surface area (Å²) in [6, 6.07) is 7.98. The van der Waals surface area contributed by atoms with Crippen molar-refractivity contribution in [3.05, 3.63) is 24.3 Å². The molecule has 1 aromatic carbocycles. The first-order valence-electron chi connectivity index (χ1n) is 7.18. The van der Waals surface area contributed by atoms with Gasteiger partial charge in [0.1, 0.15) is 5.75 Å². The van der Waals surface area contributed by atoms with E-state index in [0.717, 1.165) is 11.5 Å². The van der Waals surface area contributed by atoms with Gasteiger partial charge in [-0.1, -0.05) is 53.7 Å². The topological polar surface area (TPSA) is 18.5 Å². The van der Waals surface area contributed by atoms with Gasteiger partial charge in [-0.15, -0.1) is 0 Å². The first kappa shape index (κ1) is 16.1. The molecule has 0 bridgehead atoms. The number of hydrogen-bond donors (Lipinski definition) is 0. The van der Waals surface area contributed by atoms with E-state index in [9.17, 15) is 0 Å². The Morgan fingerprint density at radius 2 is 1.21 bits per heavy atom. The van der Waals surface area contributed by atoms with Gasteiger partial charge in [0.2, 0.25) is 0 Å². The fraction of sp³-hybridized carbons (Fsp3) is 0.625. The minimum Gasteiger partial charge on any atom is -0.540 e. The van der Waals surface area contributed by atoms with Crippen molar-refractivity contribution in [3.8, 4) is 11.5 Å². The minimum absolute atomic E-state index is 0.567. The molecule has 0 unspecified atom stereocenters. The summed E-state index contributed by atoms with van der Waals surface area (Å²) in [4.78, 5) is 0. The molecular formula is C16H28O2Si. The van der Waals surface area contributed by atoms with Crippen LogP contribution in [0, 0.1) is 0 Å². The predicted octanol–water partition coefficient (Wildman–Crippen LogP) is 5.25. The summed E-state index contributed by atoms with van der Waals surface area (Å²) in [5.41, 5.74) is 1.70. The Labute approximate surface area is 119 Å². The van der Waals surface area contributed by atoms with Gasteiger partial charge in [0.15, 0.2) is 5.75 Å². The molecule has 1 aromatic rings. The summed E-state index contributed by atoms with van der Waals surface area (Å²) >= 11 is 0. The van der Waals surface area contributed by atoms with Gasteiger partial charge in [-0.2, -0.15) is 0 Å². The normalized spacial score (nSPS) is 12.3. The van der Waals surface area contributed by atoms with E-state index in [1.54, 1.807) is 7.11 Å². The van der Waals surface area contributed by atoms with Gasteiger partial charge in [-0.3, -0.25) is 0 Å². The lowest BCUT2D eigenvalue weighted by Crippen LogP contribution is -2.50. The van der Waals surface area contributed by atoms with Gasteiger partial charge in [0, 0.05) is 0 Å². The largest absolute Gasteiger partial charge is 0.540 e. The number of rotatable bonds is 6. The van der Waals surface area contributed by atoms with Crippen molar-refractivity contribution in [1.82, 2.24) is 0 Å². The van der Waals surface area contributed by atoms with Crippen LogP contribution in [0.25, 0.3) is 0 Å². The van der Waals surface area contributed by atoms with Crippen molar-refractivity contribution in [1.29, 1.82) is 0 Å². The second-order valence-corrected chi connectivity index (χ2v) is 11.4. The summed E-state index contributed by atoms with van der Waals surface area (Å²) in [5.74, 6) is 1.73. The molecule has 1 rings (SSSR count). The molecule has 0 radical (unpaired) electrons. The molecule has 0 aliphatic carbocycles. The molecule has 0 saturated carbocycles. The third-order valence-electron chi connectivity index (χ3n) is 4.06. The number of methoxy groups -OCH3 is 1. The van der Waals surface area contributed by atoms with Crippen molar-refractivity contribution in [3.63, 3.8) is 0 Å². The SMILES string of the molecule is COc1ccccc1O[Si](C(C)C)(C(C)C)C(C)C. The maximum absolute atomic E-state index is 6.62. The van der Waals surface area contributed by atoms with Crippen LogP contribution in [0.1, 0.15) is 41.5 Å². The number of para-hydroxylation sites is 2. The van der Waals surface area contributed by atoms with Crippen LogP contribution in [-0.2, 0) is 0 Å². The Hall–Kier alpha value is -0.963. The quantitative estimate of drug-likeness (QED) is 0.663. The summed E-state index contributed by atoms with van der Waals surface area (Å²) in [6.07, 6.45) is 0. The average Bonchev–Trinajstić information content (AvgIpc) is 2.34. The van der Waals surface area contributed by atoms with Gasteiger partial charge in [0.05, 0.1) is 7.11 Å². The third kappa shape index (κ3) is 3.14. The maximum Gasteiger partial charge on any atom is 0.258 e. The van der Waals surface area contributed by atoms with Crippen molar-refractivity contribution < 1.29 is 9.16 Å². The summed E-state index contributed by atoms with van der Waals surface area (Å²) in [5, 5.41) is 0. The molecule has 0 heterocycles. The van der Waals surface area contributed by atoms with E-state index in [2.05, 4.69) is 41.5 Å². The molecule has 108 valence electrons. The van der Waals surface area contributed by atoms with Gasteiger partial charge in [0.25, 0.3) is 8.32 Å². The summed E-state index contributed by atoms with van der Waals surface area (Å²) < 4.78 is 12.0.